The van der Waals surface area contributed by atoms with E-state index in [1.807, 2.05) is 96.7 Å². The Morgan fingerprint density at radius 1 is 1.00 bits per heavy atom. The molecule has 3 aromatic carbocycles. The second kappa shape index (κ2) is 10.2. The summed E-state index contributed by atoms with van der Waals surface area (Å²) in [5.74, 6) is 1.41. The van der Waals surface area contributed by atoms with Crippen LogP contribution in [0.2, 0.25) is 5.02 Å². The van der Waals surface area contributed by atoms with Crippen LogP contribution in [0.4, 0.5) is 0 Å². The highest BCUT2D eigenvalue weighted by molar-refractivity contribution is 6.31. The third-order valence-electron chi connectivity index (χ3n) is 5.31. The lowest BCUT2D eigenvalue weighted by molar-refractivity contribution is 0.104. The number of nitrogens with zero attached hydrogens (tertiary/aromatic N) is 1. The van der Waals surface area contributed by atoms with Crippen molar-refractivity contribution in [1.82, 2.24) is 4.57 Å². The average Bonchev–Trinajstić information content (AvgIpc) is 3.38. The fraction of sp³-hybridized carbons (Fsp3) is 0.107. The van der Waals surface area contributed by atoms with Gasteiger partial charge in [-0.1, -0.05) is 23.7 Å². The Labute approximate surface area is 198 Å². The molecular formula is C28H24ClNO3. The summed E-state index contributed by atoms with van der Waals surface area (Å²) in [5, 5.41) is 0.705. The summed E-state index contributed by atoms with van der Waals surface area (Å²) in [6.45, 7) is 2.27. The van der Waals surface area contributed by atoms with Gasteiger partial charge in [0.15, 0.2) is 5.78 Å². The number of carbonyl (C=O) groups excluding carboxylic acids is 1. The second-order valence-electron chi connectivity index (χ2n) is 7.61. The topological polar surface area (TPSA) is 40.5 Å². The largest absolute Gasteiger partial charge is 0.496 e. The van der Waals surface area contributed by atoms with Gasteiger partial charge >= 0.3 is 0 Å². The first-order valence-corrected chi connectivity index (χ1v) is 10.9. The number of benzene rings is 3. The van der Waals surface area contributed by atoms with Gasteiger partial charge in [-0.15, -0.1) is 0 Å². The number of ketones is 1. The Morgan fingerprint density at radius 2 is 1.76 bits per heavy atom. The summed E-state index contributed by atoms with van der Waals surface area (Å²) in [5.41, 5.74) is 4.38. The maximum atomic E-state index is 12.6. The molecule has 0 saturated carbocycles. The summed E-state index contributed by atoms with van der Waals surface area (Å²) in [7, 11) is 1.63. The number of halogens is 1. The summed E-state index contributed by atoms with van der Waals surface area (Å²) in [6.07, 6.45) is 7.32. The molecule has 0 N–H and O–H groups in total. The van der Waals surface area contributed by atoms with Crippen LogP contribution in [0.15, 0.2) is 91.3 Å². The minimum absolute atomic E-state index is 0.0562. The molecule has 0 amide bonds. The van der Waals surface area contributed by atoms with Gasteiger partial charge in [-0.3, -0.25) is 4.79 Å². The second-order valence-corrected chi connectivity index (χ2v) is 8.01. The normalized spacial score (nSPS) is 11.0. The molecule has 4 aromatic rings. The van der Waals surface area contributed by atoms with Crippen molar-refractivity contribution >= 4 is 23.5 Å². The van der Waals surface area contributed by atoms with Crippen molar-refractivity contribution < 1.29 is 14.3 Å². The van der Waals surface area contributed by atoms with E-state index in [1.165, 1.54) is 0 Å². The van der Waals surface area contributed by atoms with Crippen LogP contribution in [-0.4, -0.2) is 17.5 Å². The number of rotatable bonds is 8. The molecule has 166 valence electrons. The number of allylic oxidation sites excluding steroid dienone is 1. The molecule has 4 nitrogen and oxygen atoms in total. The first-order valence-electron chi connectivity index (χ1n) is 10.5. The van der Waals surface area contributed by atoms with E-state index in [0.717, 1.165) is 33.9 Å². The number of aryl methyl sites for hydroxylation is 1. The van der Waals surface area contributed by atoms with Gasteiger partial charge in [0.2, 0.25) is 0 Å². The zero-order chi connectivity index (χ0) is 23.2. The molecule has 1 aromatic heterocycles. The smallest absolute Gasteiger partial charge is 0.185 e. The SMILES string of the molecule is COc1ccc(/C=C/C(=O)c2ccc(-n3cccc3)cc2)cc1COc1ccc(Cl)c(C)c1. The quantitative estimate of drug-likeness (QED) is 0.213. The highest BCUT2D eigenvalue weighted by atomic mass is 35.5. The first-order chi connectivity index (χ1) is 16.0. The predicted octanol–water partition coefficient (Wildman–Crippen LogP) is 6.92. The average molecular weight is 458 g/mol. The third kappa shape index (κ3) is 5.54. The van der Waals surface area contributed by atoms with Crippen molar-refractivity contribution in [2.24, 2.45) is 0 Å². The molecule has 1 heterocycles. The fourth-order valence-electron chi connectivity index (χ4n) is 3.46. The number of hydrogen-bond acceptors (Lipinski definition) is 3. The molecule has 5 heteroatoms. The summed E-state index contributed by atoms with van der Waals surface area (Å²) < 4.78 is 13.4. The first kappa shape index (κ1) is 22.4. The lowest BCUT2D eigenvalue weighted by Crippen LogP contribution is -2.00. The highest BCUT2D eigenvalue weighted by Crippen LogP contribution is 2.25. The van der Waals surface area contributed by atoms with Crippen LogP contribution in [0.25, 0.3) is 11.8 Å². The minimum Gasteiger partial charge on any atom is -0.496 e. The van der Waals surface area contributed by atoms with Crippen LogP contribution in [0, 0.1) is 6.92 Å². The van der Waals surface area contributed by atoms with Gasteiger partial charge < -0.3 is 14.0 Å². The van der Waals surface area contributed by atoms with Crippen LogP contribution in [0.3, 0.4) is 0 Å². The fourth-order valence-corrected chi connectivity index (χ4v) is 3.57. The molecule has 0 bridgehead atoms. The van der Waals surface area contributed by atoms with E-state index in [9.17, 15) is 4.79 Å². The van der Waals surface area contributed by atoms with Crippen molar-refractivity contribution in [3.63, 3.8) is 0 Å². The van der Waals surface area contributed by atoms with E-state index in [0.29, 0.717) is 17.2 Å². The Kier molecular flexibility index (Phi) is 6.96. The van der Waals surface area contributed by atoms with Crippen LogP contribution >= 0.6 is 11.6 Å². The van der Waals surface area contributed by atoms with Gasteiger partial charge in [-0.25, -0.2) is 0 Å². The molecule has 33 heavy (non-hydrogen) atoms. The zero-order valence-corrected chi connectivity index (χ0v) is 19.3. The lowest BCUT2D eigenvalue weighted by Gasteiger charge is -2.12. The minimum atomic E-state index is -0.0562. The summed E-state index contributed by atoms with van der Waals surface area (Å²) in [4.78, 5) is 12.6. The van der Waals surface area contributed by atoms with Crippen LogP contribution in [0.5, 0.6) is 11.5 Å². The lowest BCUT2D eigenvalue weighted by atomic mass is 10.1. The van der Waals surface area contributed by atoms with Crippen LogP contribution in [0.1, 0.15) is 27.0 Å². The molecule has 0 aliphatic carbocycles. The van der Waals surface area contributed by atoms with Crippen molar-refractivity contribution in [3.05, 3.63) is 119 Å². The number of carbonyl (C=O) groups is 1. The molecular weight excluding hydrogens is 434 g/mol. The van der Waals surface area contributed by atoms with Crippen molar-refractivity contribution in [2.45, 2.75) is 13.5 Å². The standard InChI is InChI=1S/C28H24ClNO3/c1-20-17-25(11-12-26(20)29)33-19-23-18-21(6-14-28(23)32-2)5-13-27(31)22-7-9-24(10-8-22)30-15-3-4-16-30/h3-18H,19H2,1-2H3/b13-5+. The van der Waals surface area contributed by atoms with Gasteiger partial charge in [-0.2, -0.15) is 0 Å². The van der Waals surface area contributed by atoms with Gasteiger partial charge in [0, 0.05) is 34.2 Å². The number of ether oxygens (including phenoxy) is 2. The molecule has 4 rings (SSSR count). The van der Waals surface area contributed by atoms with Crippen LogP contribution < -0.4 is 9.47 Å². The van der Waals surface area contributed by atoms with Gasteiger partial charge in [0.05, 0.1) is 7.11 Å². The molecule has 0 spiro atoms. The number of aromatic nitrogens is 1. The Hall–Kier alpha value is -3.76. The van der Waals surface area contributed by atoms with E-state index in [1.54, 1.807) is 19.3 Å². The maximum absolute atomic E-state index is 12.6. The van der Waals surface area contributed by atoms with Gasteiger partial charge in [-0.05, 0) is 90.9 Å². The third-order valence-corrected chi connectivity index (χ3v) is 5.73. The van der Waals surface area contributed by atoms with E-state index < -0.39 is 0 Å². The van der Waals surface area contributed by atoms with Crippen LogP contribution in [-0.2, 0) is 6.61 Å². The maximum Gasteiger partial charge on any atom is 0.185 e. The zero-order valence-electron chi connectivity index (χ0n) is 18.5. The molecule has 0 atom stereocenters. The number of hydrogen-bond donors (Lipinski definition) is 0. The predicted molar refractivity (Wildman–Crippen MR) is 133 cm³/mol. The Morgan fingerprint density at radius 3 is 2.45 bits per heavy atom. The van der Waals surface area contributed by atoms with E-state index in [4.69, 9.17) is 21.1 Å². The summed E-state index contributed by atoms with van der Waals surface area (Å²) in [6, 6.07) is 22.8. The van der Waals surface area contributed by atoms with E-state index in [2.05, 4.69) is 0 Å². The van der Waals surface area contributed by atoms with E-state index >= 15 is 0 Å². The molecule has 0 saturated heterocycles. The molecule has 0 radical (unpaired) electrons. The molecule has 0 aliphatic heterocycles. The highest BCUT2D eigenvalue weighted by Gasteiger charge is 2.07. The van der Waals surface area contributed by atoms with E-state index in [-0.39, 0.29) is 5.78 Å². The van der Waals surface area contributed by atoms with Crippen molar-refractivity contribution in [3.8, 4) is 17.2 Å². The Balaban J connectivity index is 1.46. The monoisotopic (exact) mass is 457 g/mol. The van der Waals surface area contributed by atoms with Gasteiger partial charge in [0.25, 0.3) is 0 Å². The number of methoxy groups -OCH3 is 1. The molecule has 0 aliphatic rings. The molecule has 0 fully saturated rings. The van der Waals surface area contributed by atoms with Crippen molar-refractivity contribution in [1.29, 1.82) is 0 Å². The summed E-state index contributed by atoms with van der Waals surface area (Å²) >= 11 is 6.09. The Bertz CT molecular complexity index is 1280. The van der Waals surface area contributed by atoms with Gasteiger partial charge in [0.1, 0.15) is 18.1 Å². The molecule has 0 unspecified atom stereocenters. The van der Waals surface area contributed by atoms with Crippen molar-refractivity contribution in [2.75, 3.05) is 7.11 Å².